The highest BCUT2D eigenvalue weighted by atomic mass is 31.1. The van der Waals surface area contributed by atoms with Gasteiger partial charge in [0.1, 0.15) is 0 Å². The normalized spacial score (nSPS) is 17.4. The Labute approximate surface area is 42.3 Å². The number of hydrogen-bond acceptors (Lipinski definition) is 1. The van der Waals surface area contributed by atoms with Crippen LogP contribution in [0.15, 0.2) is 11.9 Å². The van der Waals surface area contributed by atoms with Crippen molar-refractivity contribution in [1.82, 2.24) is 0 Å². The fraction of sp³-hybridized carbons (Fsp3) is 0. The minimum Gasteiger partial charge on any atom is -0.477 e. The van der Waals surface area contributed by atoms with E-state index >= 15 is 0 Å². The number of carboxylic acid groups (broad SMARTS) is 1. The standard InChI is InChI=1S/C4H3O2P/c5-4(6)3-1-2-7-3/h1-2H,(H,5,6). The number of rotatable bonds is 1. The van der Waals surface area contributed by atoms with Gasteiger partial charge in [0.25, 0.3) is 0 Å². The van der Waals surface area contributed by atoms with Crippen LogP contribution in [-0.2, 0) is 4.79 Å². The van der Waals surface area contributed by atoms with Crippen LogP contribution in [0.3, 0.4) is 0 Å². The molecule has 1 aliphatic rings. The van der Waals surface area contributed by atoms with Gasteiger partial charge in [0.15, 0.2) is 0 Å². The van der Waals surface area contributed by atoms with Gasteiger partial charge in [0, 0.05) is 0 Å². The van der Waals surface area contributed by atoms with Crippen molar-refractivity contribution in [1.29, 1.82) is 0 Å². The Kier molecular flexibility index (Phi) is 0.953. The Morgan fingerprint density at radius 3 is 2.43 bits per heavy atom. The monoisotopic (exact) mass is 114 g/mol. The minimum atomic E-state index is -0.802. The lowest BCUT2D eigenvalue weighted by molar-refractivity contribution is -0.129. The van der Waals surface area contributed by atoms with Crippen LogP contribution >= 0.6 is 8.20 Å². The Bertz CT molecular complexity index is 157. The van der Waals surface area contributed by atoms with Crippen molar-refractivity contribution in [2.75, 3.05) is 0 Å². The van der Waals surface area contributed by atoms with Crippen molar-refractivity contribution >= 4 is 19.5 Å². The smallest absolute Gasteiger partial charge is 0.340 e. The summed E-state index contributed by atoms with van der Waals surface area (Å²) >= 11 is 0. The second-order valence-electron chi connectivity index (χ2n) is 1.14. The summed E-state index contributed by atoms with van der Waals surface area (Å²) in [6.45, 7) is 0. The molecule has 1 N–H and O–H groups in total. The molecule has 0 spiro atoms. The van der Waals surface area contributed by atoms with Crippen LogP contribution < -0.4 is 0 Å². The zero-order chi connectivity index (χ0) is 5.28. The highest BCUT2D eigenvalue weighted by Gasteiger charge is 2.05. The first kappa shape index (κ1) is 4.54. The summed E-state index contributed by atoms with van der Waals surface area (Å²) in [7, 11) is 0.840. The predicted molar refractivity (Wildman–Crippen MR) is 28.7 cm³/mol. The third-order valence-electron chi connectivity index (χ3n) is 0.665. The van der Waals surface area contributed by atoms with Crippen molar-refractivity contribution in [3.8, 4) is 0 Å². The van der Waals surface area contributed by atoms with Crippen LogP contribution in [0.5, 0.6) is 0 Å². The van der Waals surface area contributed by atoms with Gasteiger partial charge in [-0.2, -0.15) is 0 Å². The summed E-state index contributed by atoms with van der Waals surface area (Å²) in [6.07, 6.45) is 1.60. The molecule has 0 fully saturated rings. The van der Waals surface area contributed by atoms with E-state index in [9.17, 15) is 4.79 Å². The summed E-state index contributed by atoms with van der Waals surface area (Å²) in [5, 5.41) is 8.62. The zero-order valence-electron chi connectivity index (χ0n) is 3.46. The molecule has 0 amide bonds. The molecule has 0 aromatic carbocycles. The maximum absolute atomic E-state index is 9.89. The molecule has 0 saturated carbocycles. The fourth-order valence-electron chi connectivity index (χ4n) is 0.276. The first-order valence-corrected chi connectivity index (χ1v) is 2.75. The minimum absolute atomic E-state index is 0.486. The van der Waals surface area contributed by atoms with Crippen LogP contribution in [0.1, 0.15) is 0 Å². The van der Waals surface area contributed by atoms with Crippen molar-refractivity contribution < 1.29 is 9.90 Å². The van der Waals surface area contributed by atoms with Gasteiger partial charge in [-0.05, 0) is 11.9 Å². The number of hydrogen-bond donors (Lipinski definition) is 1. The molecule has 3 heteroatoms. The molecule has 36 valence electrons. The molecule has 0 bridgehead atoms. The molecule has 2 nitrogen and oxygen atoms in total. The van der Waals surface area contributed by atoms with Crippen LogP contribution in [0.2, 0.25) is 0 Å². The van der Waals surface area contributed by atoms with Crippen LogP contribution in [0, 0.1) is 0 Å². The molecule has 0 atom stereocenters. The largest absolute Gasteiger partial charge is 0.477 e. The summed E-state index contributed by atoms with van der Waals surface area (Å²) in [5.74, 6) is 0.993. The lowest BCUT2D eigenvalue weighted by Crippen LogP contribution is -2.08. The molecule has 0 unspecified atom stereocenters. The molecule has 1 aliphatic heterocycles. The lowest BCUT2D eigenvalue weighted by atomic mass is 10.4. The van der Waals surface area contributed by atoms with Crippen LogP contribution in [0.4, 0.5) is 0 Å². The number of aliphatic carboxylic acids is 1. The summed E-state index contributed by atoms with van der Waals surface area (Å²) in [4.78, 5) is 9.89. The lowest BCUT2D eigenvalue weighted by Gasteiger charge is -1.95. The molecule has 7 heavy (non-hydrogen) atoms. The highest BCUT2D eigenvalue weighted by molar-refractivity contribution is 7.50. The Morgan fingerprint density at radius 2 is 2.43 bits per heavy atom. The zero-order valence-corrected chi connectivity index (χ0v) is 4.35. The highest BCUT2D eigenvalue weighted by Crippen LogP contribution is 2.12. The molecule has 0 saturated heterocycles. The van der Waals surface area contributed by atoms with E-state index in [1.807, 2.05) is 0 Å². The van der Waals surface area contributed by atoms with Crippen molar-refractivity contribution in [2.45, 2.75) is 0 Å². The molecular formula is C4H3O2P. The quantitative estimate of drug-likeness (QED) is 0.510. The third-order valence-corrected chi connectivity index (χ3v) is 1.58. The Morgan fingerprint density at radius 1 is 1.86 bits per heavy atom. The van der Waals surface area contributed by atoms with Crippen molar-refractivity contribution in [3.05, 3.63) is 11.9 Å². The summed E-state index contributed by atoms with van der Waals surface area (Å²) < 4.78 is 0. The Hall–Kier alpha value is -0.620. The SMILES string of the molecule is O=C(O)C1=PC=C1. The molecular weight excluding hydrogens is 111 g/mol. The first-order chi connectivity index (χ1) is 3.30. The molecule has 0 radical (unpaired) electrons. The van der Waals surface area contributed by atoms with E-state index in [0.29, 0.717) is 5.29 Å². The summed E-state index contributed by atoms with van der Waals surface area (Å²) in [5.41, 5.74) is 0. The molecule has 0 aliphatic carbocycles. The predicted octanol–water partition coefficient (Wildman–Crippen LogP) is 0.717. The topological polar surface area (TPSA) is 37.3 Å². The number of carbonyl (C=O) groups is 1. The van der Waals surface area contributed by atoms with E-state index in [1.54, 1.807) is 11.9 Å². The second-order valence-corrected chi connectivity index (χ2v) is 2.17. The third kappa shape index (κ3) is 0.699. The maximum atomic E-state index is 9.89. The molecule has 0 aromatic heterocycles. The van der Waals surface area contributed by atoms with E-state index in [2.05, 4.69) is 0 Å². The van der Waals surface area contributed by atoms with Gasteiger partial charge in [-0.25, -0.2) is 4.79 Å². The maximum Gasteiger partial charge on any atom is 0.340 e. The molecule has 1 rings (SSSR count). The van der Waals surface area contributed by atoms with Gasteiger partial charge < -0.3 is 5.11 Å². The van der Waals surface area contributed by atoms with Gasteiger partial charge in [-0.3, -0.25) is 0 Å². The second kappa shape index (κ2) is 1.47. The Balaban J connectivity index is 2.60. The van der Waals surface area contributed by atoms with E-state index in [1.165, 1.54) is 0 Å². The number of carboxylic acids is 1. The first-order valence-electron chi connectivity index (χ1n) is 1.78. The van der Waals surface area contributed by atoms with Gasteiger partial charge in [0.2, 0.25) is 0 Å². The van der Waals surface area contributed by atoms with Gasteiger partial charge in [-0.15, -0.1) is 0 Å². The average Bonchev–Trinajstić information content (AvgIpc) is 1.23. The fourth-order valence-corrected chi connectivity index (χ4v) is 0.684. The van der Waals surface area contributed by atoms with Gasteiger partial charge in [-0.1, -0.05) is 8.20 Å². The van der Waals surface area contributed by atoms with E-state index in [4.69, 9.17) is 5.11 Å². The van der Waals surface area contributed by atoms with Crippen LogP contribution in [-0.4, -0.2) is 16.4 Å². The van der Waals surface area contributed by atoms with E-state index in [-0.39, 0.29) is 0 Å². The molecule has 1 heterocycles. The van der Waals surface area contributed by atoms with E-state index < -0.39 is 5.97 Å². The van der Waals surface area contributed by atoms with Crippen molar-refractivity contribution in [2.24, 2.45) is 0 Å². The average molecular weight is 114 g/mol. The van der Waals surface area contributed by atoms with E-state index in [0.717, 1.165) is 8.20 Å². The van der Waals surface area contributed by atoms with Gasteiger partial charge in [0.05, 0.1) is 5.29 Å². The molecule has 0 aromatic rings. The van der Waals surface area contributed by atoms with Crippen molar-refractivity contribution in [3.63, 3.8) is 0 Å². The van der Waals surface area contributed by atoms with Crippen LogP contribution in [0.25, 0.3) is 0 Å². The van der Waals surface area contributed by atoms with Gasteiger partial charge >= 0.3 is 5.97 Å². The summed E-state index contributed by atoms with van der Waals surface area (Å²) in [6, 6.07) is 0.